The maximum atomic E-state index is 13.0. The SMILES string of the molecule is C=C(C)C(=O)OC[CH-]COc1cccc(C(=O)N(C)CP(=O)(O)O)c1C(=O)N(C)CP(=O)(O)O.[Y]. The third kappa shape index (κ3) is 11.9. The normalized spacial score (nSPS) is 11.2. The zero-order valence-corrected chi connectivity index (χ0v) is 24.0. The van der Waals surface area contributed by atoms with Gasteiger partial charge in [0.2, 0.25) is 0 Å². The van der Waals surface area contributed by atoms with Crippen LogP contribution in [-0.4, -0.2) is 87.0 Å². The molecule has 0 aliphatic carbocycles. The molecule has 13 nitrogen and oxygen atoms in total. The second-order valence-electron chi connectivity index (χ2n) is 7.28. The number of amides is 2. The number of esters is 1. The van der Waals surface area contributed by atoms with Crippen LogP contribution in [0.3, 0.4) is 0 Å². The molecule has 1 rings (SSSR count). The van der Waals surface area contributed by atoms with Crippen LogP contribution in [-0.2, 0) is 51.4 Å². The van der Waals surface area contributed by atoms with Crippen molar-refractivity contribution in [2.75, 3.05) is 39.9 Å². The van der Waals surface area contributed by atoms with Gasteiger partial charge in [-0.15, -0.1) is 0 Å². The topological polar surface area (TPSA) is 191 Å². The molecule has 0 bridgehead atoms. The summed E-state index contributed by atoms with van der Waals surface area (Å²) in [5, 5.41) is 0. The molecule has 0 saturated heterocycles. The van der Waals surface area contributed by atoms with E-state index in [9.17, 15) is 33.3 Å². The Kier molecular flexibility index (Phi) is 13.8. The van der Waals surface area contributed by atoms with Gasteiger partial charge >= 0.3 is 21.2 Å². The predicted octanol–water partition coefficient (Wildman–Crippen LogP) is 0.801. The Morgan fingerprint density at radius 2 is 1.49 bits per heavy atom. The van der Waals surface area contributed by atoms with E-state index in [1.807, 2.05) is 0 Å². The average molecular weight is 610 g/mol. The van der Waals surface area contributed by atoms with Crippen molar-refractivity contribution in [2.24, 2.45) is 0 Å². The van der Waals surface area contributed by atoms with Crippen LogP contribution in [0, 0.1) is 6.42 Å². The Morgan fingerprint density at radius 3 is 1.97 bits per heavy atom. The van der Waals surface area contributed by atoms with Gasteiger partial charge in [0.1, 0.15) is 18.3 Å². The fourth-order valence-electron chi connectivity index (χ4n) is 2.58. The third-order valence-electron chi connectivity index (χ3n) is 3.99. The van der Waals surface area contributed by atoms with Gasteiger partial charge in [-0.05, 0) is 32.3 Å². The Hall–Kier alpha value is -1.43. The number of ether oxygens (including phenoxy) is 2. The van der Waals surface area contributed by atoms with Gasteiger partial charge in [0, 0.05) is 52.4 Å². The molecular weight excluding hydrogens is 583 g/mol. The fraction of sp³-hybridized carbons (Fsp3) is 0.368. The van der Waals surface area contributed by atoms with Crippen molar-refractivity contribution < 1.29 is 85.3 Å². The molecule has 0 aromatic heterocycles. The molecule has 0 unspecified atom stereocenters. The van der Waals surface area contributed by atoms with E-state index in [4.69, 9.17) is 19.3 Å². The van der Waals surface area contributed by atoms with E-state index in [1.54, 1.807) is 0 Å². The van der Waals surface area contributed by atoms with Crippen LogP contribution >= 0.6 is 15.2 Å². The molecule has 1 aromatic carbocycles. The average Bonchev–Trinajstić information content (AvgIpc) is 2.69. The van der Waals surface area contributed by atoms with E-state index in [-0.39, 0.29) is 68.4 Å². The quantitative estimate of drug-likeness (QED) is 0.0861. The van der Waals surface area contributed by atoms with Crippen LogP contribution in [0.15, 0.2) is 30.4 Å². The molecule has 193 valence electrons. The first-order valence-corrected chi connectivity index (χ1v) is 13.1. The number of hydrogen-bond acceptors (Lipinski definition) is 7. The fourth-order valence-corrected chi connectivity index (χ4v) is 3.94. The van der Waals surface area contributed by atoms with Gasteiger partial charge in [-0.2, -0.15) is 0 Å². The third-order valence-corrected chi connectivity index (χ3v) is 5.58. The van der Waals surface area contributed by atoms with E-state index < -0.39 is 45.5 Å². The molecule has 0 heterocycles. The minimum absolute atomic E-state index is 0. The minimum atomic E-state index is -4.64. The van der Waals surface area contributed by atoms with Crippen molar-refractivity contribution in [2.45, 2.75) is 6.92 Å². The summed E-state index contributed by atoms with van der Waals surface area (Å²) in [6.07, 6.45) is -0.470. The van der Waals surface area contributed by atoms with Crippen LogP contribution in [0.25, 0.3) is 0 Å². The van der Waals surface area contributed by atoms with Crippen molar-refractivity contribution in [3.63, 3.8) is 0 Å². The number of hydrogen-bond donors (Lipinski definition) is 4. The standard InChI is InChI=1S/C19H27N2O11P2.Y/c1-13(2)19(24)32-10-6-9-31-15-8-5-7-14(17(22)20(3)11-33(25,26)27)16(15)18(23)21(4)12-34(28,29)30;/h5-8H,1,9-12H2,2-4H3,(H2,25,26,27)(H2,28,29,30);/q-1;. The molecule has 0 atom stereocenters. The van der Waals surface area contributed by atoms with Crippen LogP contribution in [0.4, 0.5) is 0 Å². The molecule has 0 saturated carbocycles. The van der Waals surface area contributed by atoms with E-state index in [2.05, 4.69) is 6.58 Å². The Balaban J connectivity index is 0.0000116. The summed E-state index contributed by atoms with van der Waals surface area (Å²) in [4.78, 5) is 75.4. The maximum Gasteiger partial charge on any atom is 0.344 e. The molecule has 0 fully saturated rings. The summed E-state index contributed by atoms with van der Waals surface area (Å²) in [5.74, 6) is -2.66. The van der Waals surface area contributed by atoms with Crippen LogP contribution in [0.5, 0.6) is 5.75 Å². The molecule has 2 amide bonds. The summed E-state index contributed by atoms with van der Waals surface area (Å²) in [6, 6.07) is 3.89. The molecule has 0 aliphatic rings. The van der Waals surface area contributed by atoms with Gasteiger partial charge in [0.05, 0.1) is 11.1 Å². The molecule has 0 spiro atoms. The summed E-state index contributed by atoms with van der Waals surface area (Å²) in [7, 11) is -7.03. The van der Waals surface area contributed by atoms with Crippen molar-refractivity contribution in [3.8, 4) is 5.75 Å². The van der Waals surface area contributed by atoms with E-state index in [0.29, 0.717) is 9.80 Å². The summed E-state index contributed by atoms with van der Waals surface area (Å²) in [6.45, 7) is 4.58. The van der Waals surface area contributed by atoms with Crippen LogP contribution < -0.4 is 4.74 Å². The van der Waals surface area contributed by atoms with Crippen LogP contribution in [0.2, 0.25) is 0 Å². The van der Waals surface area contributed by atoms with Crippen LogP contribution in [0.1, 0.15) is 27.6 Å². The Bertz CT molecular complexity index is 1040. The monoisotopic (exact) mass is 610 g/mol. The van der Waals surface area contributed by atoms with Gasteiger partial charge in [-0.25, -0.2) is 4.79 Å². The molecule has 1 radical (unpaired) electrons. The predicted molar refractivity (Wildman–Crippen MR) is 120 cm³/mol. The number of nitrogens with zero attached hydrogens (tertiary/aromatic N) is 2. The first-order chi connectivity index (χ1) is 15.5. The number of carbonyl (C=O) groups excluding carboxylic acids is 3. The molecule has 16 heteroatoms. The van der Waals surface area contributed by atoms with Gasteiger partial charge in [-0.3, -0.25) is 25.1 Å². The molecule has 35 heavy (non-hydrogen) atoms. The largest absolute Gasteiger partial charge is 0.524 e. The van der Waals surface area contributed by atoms with Gasteiger partial charge in [0.25, 0.3) is 11.8 Å². The summed E-state index contributed by atoms with van der Waals surface area (Å²) >= 11 is 0. The number of carbonyl (C=O) groups is 3. The smallest absolute Gasteiger partial charge is 0.344 e. The number of benzene rings is 1. The zero-order valence-electron chi connectivity index (χ0n) is 19.4. The Labute approximate surface area is 227 Å². The number of rotatable bonds is 12. The molecule has 1 aromatic rings. The van der Waals surface area contributed by atoms with Gasteiger partial charge in [0.15, 0.2) is 0 Å². The zero-order chi connectivity index (χ0) is 26.3. The second kappa shape index (κ2) is 14.3. The first-order valence-electron chi connectivity index (χ1n) is 9.53. The molecular formula is C19H27N2O11P2Y-. The first kappa shape index (κ1) is 33.6. The maximum absolute atomic E-state index is 13.0. The summed E-state index contributed by atoms with van der Waals surface area (Å²) < 4.78 is 33.0. The minimum Gasteiger partial charge on any atom is -0.524 e. The van der Waals surface area contributed by atoms with Crippen molar-refractivity contribution in [1.29, 1.82) is 0 Å². The van der Waals surface area contributed by atoms with Crippen molar-refractivity contribution >= 4 is 33.0 Å². The Morgan fingerprint density at radius 1 is 0.971 bits per heavy atom. The van der Waals surface area contributed by atoms with Gasteiger partial charge < -0.3 is 38.8 Å². The van der Waals surface area contributed by atoms with Crippen molar-refractivity contribution in [1.82, 2.24) is 9.80 Å². The van der Waals surface area contributed by atoms with E-state index in [0.717, 1.165) is 14.1 Å². The van der Waals surface area contributed by atoms with E-state index >= 15 is 0 Å². The van der Waals surface area contributed by atoms with E-state index in [1.165, 1.54) is 31.5 Å². The molecule has 4 N–H and O–H groups in total. The summed E-state index contributed by atoms with van der Waals surface area (Å²) in [5.41, 5.74) is -0.473. The van der Waals surface area contributed by atoms with Gasteiger partial charge in [-0.1, -0.05) is 12.6 Å². The molecule has 0 aliphatic heterocycles. The van der Waals surface area contributed by atoms with Crippen molar-refractivity contribution in [3.05, 3.63) is 47.9 Å². The second-order valence-corrected chi connectivity index (χ2v) is 10.5.